The summed E-state index contributed by atoms with van der Waals surface area (Å²) in [4.78, 5) is 18.1. The lowest BCUT2D eigenvalue weighted by Crippen LogP contribution is -2.22. The number of thiophene rings is 1. The van der Waals surface area contributed by atoms with Crippen LogP contribution < -0.4 is 11.5 Å². The van der Waals surface area contributed by atoms with E-state index in [-0.39, 0.29) is 18.5 Å². The van der Waals surface area contributed by atoms with Gasteiger partial charge < -0.3 is 16.2 Å². The molecule has 0 aliphatic heterocycles. The Morgan fingerprint density at radius 1 is 1.00 bits per heavy atom. The van der Waals surface area contributed by atoms with Crippen LogP contribution in [0, 0.1) is 0 Å². The van der Waals surface area contributed by atoms with Crippen LogP contribution in [0.25, 0.3) is 32.0 Å². The SMILES string of the molecule is CCOC(=O)c1c(CN=C(N)N)sc2cc(-c3cccc4ccccc34)c(C3CCCCC3)cc12. The normalized spacial score (nSPS) is 14.3. The molecule has 1 aliphatic carbocycles. The lowest BCUT2D eigenvalue weighted by Gasteiger charge is -2.25. The van der Waals surface area contributed by atoms with Crippen molar-refractivity contribution in [2.45, 2.75) is 51.5 Å². The number of fused-ring (bicyclic) bond motifs is 2. The maximum Gasteiger partial charge on any atom is 0.339 e. The maximum atomic E-state index is 13.1. The van der Waals surface area contributed by atoms with E-state index < -0.39 is 0 Å². The first-order valence-corrected chi connectivity index (χ1v) is 13.2. The number of carbonyl (C=O) groups excluding carboxylic acids is 1. The van der Waals surface area contributed by atoms with E-state index in [1.807, 2.05) is 6.92 Å². The second kappa shape index (κ2) is 10.1. The average Bonchev–Trinajstić information content (AvgIpc) is 3.24. The van der Waals surface area contributed by atoms with Crippen LogP contribution in [0.1, 0.15) is 65.7 Å². The molecule has 5 rings (SSSR count). The van der Waals surface area contributed by atoms with Crippen molar-refractivity contribution >= 4 is 44.1 Å². The van der Waals surface area contributed by atoms with Crippen LogP contribution in [-0.2, 0) is 11.3 Å². The molecule has 6 heteroatoms. The highest BCUT2D eigenvalue weighted by molar-refractivity contribution is 7.19. The summed E-state index contributed by atoms with van der Waals surface area (Å²) in [5.74, 6) is 0.168. The summed E-state index contributed by atoms with van der Waals surface area (Å²) in [7, 11) is 0. The minimum absolute atomic E-state index is 0.0107. The number of benzene rings is 3. The second-order valence-corrected chi connectivity index (χ2v) is 10.3. The molecule has 0 spiro atoms. The minimum atomic E-state index is -0.313. The highest BCUT2D eigenvalue weighted by Gasteiger charge is 2.25. The third kappa shape index (κ3) is 4.63. The summed E-state index contributed by atoms with van der Waals surface area (Å²) < 4.78 is 6.51. The van der Waals surface area contributed by atoms with Gasteiger partial charge >= 0.3 is 5.97 Å². The van der Waals surface area contributed by atoms with Gasteiger partial charge in [-0.3, -0.25) is 0 Å². The number of hydrogen-bond acceptors (Lipinski definition) is 4. The van der Waals surface area contributed by atoms with Gasteiger partial charge in [0.15, 0.2) is 5.96 Å². The first-order valence-electron chi connectivity index (χ1n) is 12.4. The Labute approximate surface area is 209 Å². The summed E-state index contributed by atoms with van der Waals surface area (Å²) >= 11 is 1.57. The Bertz CT molecular complexity index is 1410. The van der Waals surface area contributed by atoms with E-state index in [0.29, 0.717) is 18.1 Å². The summed E-state index contributed by atoms with van der Waals surface area (Å²) in [6, 6.07) is 19.6. The first kappa shape index (κ1) is 23.4. The van der Waals surface area contributed by atoms with E-state index in [0.717, 1.165) is 15.0 Å². The zero-order valence-electron chi connectivity index (χ0n) is 20.0. The molecule has 1 heterocycles. The van der Waals surface area contributed by atoms with Gasteiger partial charge in [-0.15, -0.1) is 11.3 Å². The van der Waals surface area contributed by atoms with E-state index in [4.69, 9.17) is 16.2 Å². The molecule has 0 amide bonds. The summed E-state index contributed by atoms with van der Waals surface area (Å²) in [5.41, 5.74) is 15.6. The van der Waals surface area contributed by atoms with Crippen molar-refractivity contribution in [1.82, 2.24) is 0 Å². The van der Waals surface area contributed by atoms with Crippen molar-refractivity contribution in [3.05, 3.63) is 70.6 Å². The van der Waals surface area contributed by atoms with Gasteiger partial charge in [0.05, 0.1) is 18.7 Å². The van der Waals surface area contributed by atoms with Crippen LogP contribution in [0.4, 0.5) is 0 Å². The molecule has 4 N–H and O–H groups in total. The molecule has 5 nitrogen and oxygen atoms in total. The van der Waals surface area contributed by atoms with Gasteiger partial charge in [-0.2, -0.15) is 0 Å². The lowest BCUT2D eigenvalue weighted by atomic mass is 9.79. The molecule has 1 aliphatic rings. The molecule has 35 heavy (non-hydrogen) atoms. The number of esters is 1. The maximum absolute atomic E-state index is 13.1. The topological polar surface area (TPSA) is 90.7 Å². The molecule has 1 fully saturated rings. The van der Waals surface area contributed by atoms with Crippen LogP contribution >= 0.6 is 11.3 Å². The van der Waals surface area contributed by atoms with Gasteiger partial charge in [0.25, 0.3) is 0 Å². The third-order valence-electron chi connectivity index (χ3n) is 6.94. The molecule has 1 saturated carbocycles. The standard InChI is InChI=1S/C29H31N3O2S/c1-2-34-28(33)27-24-15-22(19-9-4-3-5-10-19)23(16-25(24)35-26(27)17-32-29(30)31)21-14-8-12-18-11-6-7-13-20(18)21/h6-8,11-16,19H,2-5,9-10,17H2,1H3,(H4,30,31,32). The van der Waals surface area contributed by atoms with Crippen LogP contribution in [-0.4, -0.2) is 18.5 Å². The monoisotopic (exact) mass is 485 g/mol. The van der Waals surface area contributed by atoms with Crippen molar-refractivity contribution < 1.29 is 9.53 Å². The highest BCUT2D eigenvalue weighted by atomic mass is 32.1. The van der Waals surface area contributed by atoms with E-state index in [2.05, 4.69) is 59.6 Å². The Morgan fingerprint density at radius 3 is 2.54 bits per heavy atom. The first-order chi connectivity index (χ1) is 17.1. The van der Waals surface area contributed by atoms with Gasteiger partial charge in [-0.05, 0) is 65.3 Å². The number of rotatable bonds is 6. The number of nitrogens with two attached hydrogens (primary N) is 2. The van der Waals surface area contributed by atoms with Gasteiger partial charge in [0.2, 0.25) is 0 Å². The van der Waals surface area contributed by atoms with Crippen molar-refractivity contribution in [2.24, 2.45) is 16.5 Å². The molecule has 3 aromatic carbocycles. The fourth-order valence-electron chi connectivity index (χ4n) is 5.36. The van der Waals surface area contributed by atoms with E-state index in [9.17, 15) is 4.79 Å². The average molecular weight is 486 g/mol. The molecule has 0 saturated heterocycles. The van der Waals surface area contributed by atoms with E-state index in [1.54, 1.807) is 11.3 Å². The molecule has 0 atom stereocenters. The van der Waals surface area contributed by atoms with E-state index in [1.165, 1.54) is 59.6 Å². The summed E-state index contributed by atoms with van der Waals surface area (Å²) in [6.07, 6.45) is 6.10. The third-order valence-corrected chi connectivity index (χ3v) is 8.08. The lowest BCUT2D eigenvalue weighted by molar-refractivity contribution is 0.0528. The fourth-order valence-corrected chi connectivity index (χ4v) is 6.49. The Hall–Kier alpha value is -3.38. The second-order valence-electron chi connectivity index (χ2n) is 9.16. The molecule has 0 radical (unpaired) electrons. The van der Waals surface area contributed by atoms with Crippen molar-refractivity contribution in [3.8, 4) is 11.1 Å². The quantitative estimate of drug-likeness (QED) is 0.180. The molecular weight excluding hydrogens is 454 g/mol. The number of carbonyl (C=O) groups is 1. The predicted octanol–water partition coefficient (Wildman–Crippen LogP) is 6.72. The number of nitrogens with zero attached hydrogens (tertiary/aromatic N) is 1. The molecule has 180 valence electrons. The predicted molar refractivity (Wildman–Crippen MR) is 146 cm³/mol. The highest BCUT2D eigenvalue weighted by Crippen LogP contribution is 2.44. The Balaban J connectivity index is 1.78. The number of ether oxygens (including phenoxy) is 1. The van der Waals surface area contributed by atoms with E-state index >= 15 is 0 Å². The van der Waals surface area contributed by atoms with Crippen molar-refractivity contribution in [2.75, 3.05) is 6.61 Å². The zero-order chi connectivity index (χ0) is 24.4. The van der Waals surface area contributed by atoms with Crippen LogP contribution in [0.15, 0.2) is 59.6 Å². The van der Waals surface area contributed by atoms with Gasteiger partial charge in [-0.25, -0.2) is 9.79 Å². The van der Waals surface area contributed by atoms with Gasteiger partial charge in [-0.1, -0.05) is 61.7 Å². The Kier molecular flexibility index (Phi) is 6.73. The van der Waals surface area contributed by atoms with Crippen LogP contribution in [0.2, 0.25) is 0 Å². The fraction of sp³-hybridized carbons (Fsp3) is 0.310. The van der Waals surface area contributed by atoms with Crippen LogP contribution in [0.3, 0.4) is 0 Å². The number of hydrogen-bond donors (Lipinski definition) is 2. The summed E-state index contributed by atoms with van der Waals surface area (Å²) in [5, 5.41) is 3.42. The van der Waals surface area contributed by atoms with Crippen molar-refractivity contribution in [3.63, 3.8) is 0 Å². The molecule has 4 aromatic rings. The molecule has 0 unspecified atom stereocenters. The minimum Gasteiger partial charge on any atom is -0.462 e. The Morgan fingerprint density at radius 2 is 1.77 bits per heavy atom. The molecular formula is C29H31N3O2S. The smallest absolute Gasteiger partial charge is 0.339 e. The molecule has 1 aromatic heterocycles. The molecule has 0 bridgehead atoms. The largest absolute Gasteiger partial charge is 0.462 e. The summed E-state index contributed by atoms with van der Waals surface area (Å²) in [6.45, 7) is 2.41. The van der Waals surface area contributed by atoms with Gasteiger partial charge in [0, 0.05) is 15.0 Å². The van der Waals surface area contributed by atoms with Gasteiger partial charge in [0.1, 0.15) is 0 Å². The zero-order valence-corrected chi connectivity index (χ0v) is 20.9. The van der Waals surface area contributed by atoms with Crippen molar-refractivity contribution in [1.29, 1.82) is 0 Å². The number of aliphatic imine (C=N–C) groups is 1. The van der Waals surface area contributed by atoms with Crippen LogP contribution in [0.5, 0.6) is 0 Å². The number of guanidine groups is 1.